The maximum Gasteiger partial charge on any atom is 0.373 e. The molecule has 0 aliphatic rings. The van der Waals surface area contributed by atoms with E-state index in [0.29, 0.717) is 12.0 Å². The molecule has 0 bridgehead atoms. The first-order chi connectivity index (χ1) is 9.51. The van der Waals surface area contributed by atoms with Crippen molar-refractivity contribution in [1.82, 2.24) is 0 Å². The minimum Gasteiger partial charge on any atom is -0.465 e. The fourth-order valence-electron chi connectivity index (χ4n) is 1.56. The van der Waals surface area contributed by atoms with E-state index in [2.05, 4.69) is 4.74 Å². The highest BCUT2D eigenvalue weighted by Crippen LogP contribution is 2.22. The zero-order valence-electron chi connectivity index (χ0n) is 11.3. The highest BCUT2D eigenvalue weighted by Gasteiger charge is 2.17. The first-order valence-electron chi connectivity index (χ1n) is 5.86. The molecule has 0 N–H and O–H groups in total. The fraction of sp³-hybridized carbons (Fsp3) is 0.385. The second-order valence-corrected chi connectivity index (χ2v) is 3.78. The molecule has 7 heteroatoms. The molecule has 7 nitrogen and oxygen atoms in total. The van der Waals surface area contributed by atoms with Crippen molar-refractivity contribution in [2.24, 2.45) is 0 Å². The van der Waals surface area contributed by atoms with E-state index in [1.807, 2.05) is 6.92 Å². The largest absolute Gasteiger partial charge is 0.465 e. The van der Waals surface area contributed by atoms with Crippen molar-refractivity contribution >= 4 is 17.8 Å². The molecule has 108 valence electrons. The second kappa shape index (κ2) is 9.41. The average Bonchev–Trinajstić information content (AvgIpc) is 2.44. The standard InChI is InChI=1S/C12H15NO4.CO2/c1-3-4-5-9-6-7-10(12(14)17-2)8-11(9)13(15)16;2-1-3/h6-8H,3-5H2,1-2H3;. The molecule has 0 saturated heterocycles. The lowest BCUT2D eigenvalue weighted by molar-refractivity contribution is -0.385. The summed E-state index contributed by atoms with van der Waals surface area (Å²) in [4.78, 5) is 38.0. The molecule has 0 fully saturated rings. The van der Waals surface area contributed by atoms with Gasteiger partial charge in [-0.2, -0.15) is 9.59 Å². The van der Waals surface area contributed by atoms with Crippen LogP contribution in [-0.2, 0) is 20.7 Å². The zero-order chi connectivity index (χ0) is 15.5. The quantitative estimate of drug-likeness (QED) is 0.465. The van der Waals surface area contributed by atoms with Crippen molar-refractivity contribution < 1.29 is 24.0 Å². The number of hydrogen-bond acceptors (Lipinski definition) is 6. The minimum absolute atomic E-state index is 0.0126. The zero-order valence-corrected chi connectivity index (χ0v) is 11.3. The summed E-state index contributed by atoms with van der Waals surface area (Å²) in [5.74, 6) is -0.560. The summed E-state index contributed by atoms with van der Waals surface area (Å²) in [5, 5.41) is 10.9. The molecule has 1 aromatic carbocycles. The maximum absolute atomic E-state index is 11.3. The summed E-state index contributed by atoms with van der Waals surface area (Å²) in [6.45, 7) is 2.02. The van der Waals surface area contributed by atoms with Crippen LogP contribution in [0.4, 0.5) is 5.69 Å². The molecular weight excluding hydrogens is 266 g/mol. The van der Waals surface area contributed by atoms with Crippen LogP contribution in [0.3, 0.4) is 0 Å². The summed E-state index contributed by atoms with van der Waals surface area (Å²) in [6, 6.07) is 4.46. The van der Waals surface area contributed by atoms with Gasteiger partial charge in [-0.05, 0) is 18.9 Å². The predicted molar refractivity (Wildman–Crippen MR) is 68.1 cm³/mol. The molecule has 0 aliphatic heterocycles. The van der Waals surface area contributed by atoms with Crippen molar-refractivity contribution in [2.45, 2.75) is 26.2 Å². The van der Waals surface area contributed by atoms with Crippen molar-refractivity contribution in [1.29, 1.82) is 0 Å². The third-order valence-corrected chi connectivity index (χ3v) is 2.50. The van der Waals surface area contributed by atoms with Crippen LogP contribution in [0.2, 0.25) is 0 Å². The summed E-state index contributed by atoms with van der Waals surface area (Å²) < 4.78 is 4.53. The molecule has 0 unspecified atom stereocenters. The van der Waals surface area contributed by atoms with Gasteiger partial charge in [-0.15, -0.1) is 0 Å². The van der Waals surface area contributed by atoms with Crippen LogP contribution in [0.5, 0.6) is 0 Å². The van der Waals surface area contributed by atoms with E-state index in [1.54, 1.807) is 12.1 Å². The van der Waals surface area contributed by atoms with Crippen molar-refractivity contribution in [3.63, 3.8) is 0 Å². The van der Waals surface area contributed by atoms with Gasteiger partial charge in [0.1, 0.15) is 0 Å². The normalized spacial score (nSPS) is 8.90. The Morgan fingerprint density at radius 1 is 1.40 bits per heavy atom. The van der Waals surface area contributed by atoms with Gasteiger partial charge in [0.15, 0.2) is 0 Å². The van der Waals surface area contributed by atoms with Crippen LogP contribution in [0.15, 0.2) is 18.2 Å². The van der Waals surface area contributed by atoms with E-state index in [1.165, 1.54) is 13.2 Å². The highest BCUT2D eigenvalue weighted by atomic mass is 16.6. The molecule has 0 spiro atoms. The van der Waals surface area contributed by atoms with Gasteiger partial charge in [0.2, 0.25) is 0 Å². The molecule has 0 heterocycles. The van der Waals surface area contributed by atoms with Crippen molar-refractivity contribution in [2.75, 3.05) is 7.11 Å². The third-order valence-electron chi connectivity index (χ3n) is 2.50. The molecule has 0 aromatic heterocycles. The Kier molecular flexibility index (Phi) is 8.22. The number of esters is 1. The van der Waals surface area contributed by atoms with E-state index >= 15 is 0 Å². The number of carbonyl (C=O) groups excluding carboxylic acids is 3. The summed E-state index contributed by atoms with van der Waals surface area (Å²) in [7, 11) is 1.25. The van der Waals surface area contributed by atoms with Gasteiger partial charge in [-0.25, -0.2) is 4.79 Å². The Morgan fingerprint density at radius 2 is 2.00 bits per heavy atom. The van der Waals surface area contributed by atoms with E-state index in [0.717, 1.165) is 12.8 Å². The van der Waals surface area contributed by atoms with Gasteiger partial charge in [0.25, 0.3) is 5.69 Å². The molecule has 20 heavy (non-hydrogen) atoms. The number of nitro benzene ring substituents is 1. The van der Waals surface area contributed by atoms with Crippen molar-refractivity contribution in [3.05, 3.63) is 39.4 Å². The van der Waals surface area contributed by atoms with Gasteiger partial charge in [0, 0.05) is 11.6 Å². The third kappa shape index (κ3) is 5.41. The second-order valence-electron chi connectivity index (χ2n) is 3.78. The Bertz CT molecular complexity index is 506. The van der Waals surface area contributed by atoms with Gasteiger partial charge >= 0.3 is 12.1 Å². The molecular formula is C13H15NO6. The van der Waals surface area contributed by atoms with E-state index in [9.17, 15) is 14.9 Å². The molecule has 0 saturated carbocycles. The number of methoxy groups -OCH3 is 1. The number of hydrogen-bond donors (Lipinski definition) is 0. The van der Waals surface area contributed by atoms with Gasteiger partial charge in [-0.3, -0.25) is 10.1 Å². The number of unbranched alkanes of at least 4 members (excludes halogenated alkanes) is 1. The first-order valence-corrected chi connectivity index (χ1v) is 5.86. The number of rotatable bonds is 5. The number of nitro groups is 1. The maximum atomic E-state index is 11.3. The molecule has 0 atom stereocenters. The Balaban J connectivity index is 0.00000110. The Hall–Kier alpha value is -2.53. The first kappa shape index (κ1) is 17.5. The molecule has 1 rings (SSSR count). The number of ether oxygens (including phenoxy) is 1. The summed E-state index contributed by atoms with van der Waals surface area (Å²) in [5.41, 5.74) is 0.852. The number of nitrogens with zero attached hydrogens (tertiary/aromatic N) is 1. The van der Waals surface area contributed by atoms with E-state index in [4.69, 9.17) is 9.59 Å². The minimum atomic E-state index is -0.560. The number of aryl methyl sites for hydroxylation is 1. The van der Waals surface area contributed by atoms with Crippen LogP contribution in [0.1, 0.15) is 35.7 Å². The molecule has 1 aromatic rings. The Labute approximate surface area is 115 Å². The van der Waals surface area contributed by atoms with Crippen LogP contribution < -0.4 is 0 Å². The smallest absolute Gasteiger partial charge is 0.373 e. The predicted octanol–water partition coefficient (Wildman–Crippen LogP) is 2.14. The van der Waals surface area contributed by atoms with Crippen LogP contribution >= 0.6 is 0 Å². The van der Waals surface area contributed by atoms with Gasteiger partial charge in [-0.1, -0.05) is 19.4 Å². The fourth-order valence-corrected chi connectivity index (χ4v) is 1.56. The molecule has 0 aliphatic carbocycles. The number of carbonyl (C=O) groups is 1. The summed E-state index contributed by atoms with van der Waals surface area (Å²) >= 11 is 0. The molecule has 0 amide bonds. The number of benzene rings is 1. The Morgan fingerprint density at radius 3 is 2.45 bits per heavy atom. The summed E-state index contributed by atoms with van der Waals surface area (Å²) in [6.07, 6.45) is 2.75. The lowest BCUT2D eigenvalue weighted by atomic mass is 10.0. The van der Waals surface area contributed by atoms with Crippen molar-refractivity contribution in [3.8, 4) is 0 Å². The highest BCUT2D eigenvalue weighted by molar-refractivity contribution is 5.90. The molecule has 0 radical (unpaired) electrons. The van der Waals surface area contributed by atoms with E-state index < -0.39 is 10.9 Å². The van der Waals surface area contributed by atoms with Crippen LogP contribution in [0, 0.1) is 10.1 Å². The van der Waals surface area contributed by atoms with Crippen LogP contribution in [-0.4, -0.2) is 24.2 Å². The lowest BCUT2D eigenvalue weighted by Gasteiger charge is -2.04. The lowest BCUT2D eigenvalue weighted by Crippen LogP contribution is -2.04. The van der Waals surface area contributed by atoms with E-state index in [-0.39, 0.29) is 17.4 Å². The SMILES string of the molecule is CCCCc1ccc(C(=O)OC)cc1[N+](=O)[O-].O=C=O. The topological polar surface area (TPSA) is 104 Å². The van der Waals surface area contributed by atoms with Gasteiger partial charge in [0.05, 0.1) is 17.6 Å². The van der Waals surface area contributed by atoms with Gasteiger partial charge < -0.3 is 4.74 Å². The van der Waals surface area contributed by atoms with Crippen LogP contribution in [0.25, 0.3) is 0 Å². The average molecular weight is 281 g/mol. The monoisotopic (exact) mass is 281 g/mol.